The highest BCUT2D eigenvalue weighted by Crippen LogP contribution is 2.50. The number of halogens is 2. The van der Waals surface area contributed by atoms with Gasteiger partial charge in [0.1, 0.15) is 0 Å². The zero-order valence-corrected chi connectivity index (χ0v) is 13.2. The molecule has 0 aliphatic heterocycles. The fourth-order valence-corrected chi connectivity index (χ4v) is 4.74. The summed E-state index contributed by atoms with van der Waals surface area (Å²) < 4.78 is 0. The van der Waals surface area contributed by atoms with Gasteiger partial charge in [-0.1, -0.05) is 64.2 Å². The van der Waals surface area contributed by atoms with E-state index >= 15 is 0 Å². The van der Waals surface area contributed by atoms with Crippen molar-refractivity contribution in [3.05, 3.63) is 0 Å². The molecular weight excluding hydrogens is 263 g/mol. The van der Waals surface area contributed by atoms with Crippen molar-refractivity contribution in [1.82, 2.24) is 0 Å². The van der Waals surface area contributed by atoms with Crippen LogP contribution in [0.4, 0.5) is 0 Å². The lowest BCUT2D eigenvalue weighted by Gasteiger charge is -2.45. The fraction of sp³-hybridized carbons (Fsp3) is 1.00. The third kappa shape index (κ3) is 3.57. The van der Waals surface area contributed by atoms with Crippen molar-refractivity contribution in [1.29, 1.82) is 0 Å². The zero-order valence-electron chi connectivity index (χ0n) is 11.7. The van der Waals surface area contributed by atoms with E-state index in [1.54, 1.807) is 0 Å². The van der Waals surface area contributed by atoms with E-state index in [-0.39, 0.29) is 9.75 Å². The second-order valence-corrected chi connectivity index (χ2v) is 7.91. The van der Waals surface area contributed by atoms with Crippen LogP contribution in [-0.2, 0) is 0 Å². The fourth-order valence-electron chi connectivity index (χ4n) is 3.83. The van der Waals surface area contributed by atoms with Crippen molar-refractivity contribution in [3.63, 3.8) is 0 Å². The molecule has 0 heterocycles. The molecule has 2 heteroatoms. The van der Waals surface area contributed by atoms with E-state index in [2.05, 4.69) is 0 Å². The smallest absolute Gasteiger partial charge is 0.0637 e. The van der Waals surface area contributed by atoms with Crippen molar-refractivity contribution >= 4 is 23.2 Å². The molecule has 0 saturated heterocycles. The number of rotatable bonds is 1. The first kappa shape index (κ1) is 15.0. The molecule has 0 unspecified atom stereocenters. The Morgan fingerprint density at radius 3 is 0.889 bits per heavy atom. The van der Waals surface area contributed by atoms with Crippen LogP contribution in [0.2, 0.25) is 0 Å². The Bertz CT molecular complexity index is 207. The number of hydrogen-bond acceptors (Lipinski definition) is 0. The molecule has 2 aliphatic rings. The lowest BCUT2D eigenvalue weighted by molar-refractivity contribution is 0.271. The normalized spacial score (nSPS) is 29.7. The Hall–Kier alpha value is 0.580. The molecule has 0 nitrogen and oxygen atoms in total. The molecule has 106 valence electrons. The summed E-state index contributed by atoms with van der Waals surface area (Å²) in [6.45, 7) is 0. The molecule has 2 aliphatic carbocycles. The molecule has 0 atom stereocenters. The molecule has 2 rings (SSSR count). The molecule has 2 fully saturated rings. The van der Waals surface area contributed by atoms with E-state index in [4.69, 9.17) is 23.2 Å². The van der Waals surface area contributed by atoms with Crippen molar-refractivity contribution in [2.24, 2.45) is 0 Å². The Morgan fingerprint density at radius 2 is 0.611 bits per heavy atom. The van der Waals surface area contributed by atoms with E-state index in [1.807, 2.05) is 0 Å². The van der Waals surface area contributed by atoms with Gasteiger partial charge in [0.15, 0.2) is 0 Å². The average Bonchev–Trinajstić information content (AvgIpc) is 2.29. The van der Waals surface area contributed by atoms with Gasteiger partial charge < -0.3 is 0 Å². The maximum Gasteiger partial charge on any atom is 0.0637 e. The Labute approximate surface area is 123 Å². The van der Waals surface area contributed by atoms with Gasteiger partial charge in [-0.25, -0.2) is 0 Å². The minimum Gasteiger partial charge on any atom is -0.117 e. The minimum atomic E-state index is -0.119. The molecule has 18 heavy (non-hydrogen) atoms. The quantitative estimate of drug-likeness (QED) is 0.488. The molecule has 0 spiro atoms. The first-order chi connectivity index (χ1) is 8.66. The monoisotopic (exact) mass is 290 g/mol. The summed E-state index contributed by atoms with van der Waals surface area (Å²) in [5, 5.41) is 0. The summed E-state index contributed by atoms with van der Waals surface area (Å²) in [6, 6.07) is 0. The highest BCUT2D eigenvalue weighted by Gasteiger charge is 2.47. The van der Waals surface area contributed by atoms with Crippen molar-refractivity contribution in [2.75, 3.05) is 0 Å². The standard InChI is InChI=1S/C16H28Cl2/c17-15(11-7-3-1-4-8-12-15)16(18)13-9-5-2-6-10-14-16/h1-14H2. The summed E-state index contributed by atoms with van der Waals surface area (Å²) >= 11 is 14.1. The van der Waals surface area contributed by atoms with Crippen LogP contribution in [0.15, 0.2) is 0 Å². The van der Waals surface area contributed by atoms with E-state index < -0.39 is 0 Å². The predicted octanol–water partition coefficient (Wildman–Crippen LogP) is 6.43. The van der Waals surface area contributed by atoms with Gasteiger partial charge in [-0.05, 0) is 25.7 Å². The van der Waals surface area contributed by atoms with Gasteiger partial charge >= 0.3 is 0 Å². The van der Waals surface area contributed by atoms with Gasteiger partial charge in [-0.3, -0.25) is 0 Å². The van der Waals surface area contributed by atoms with Crippen LogP contribution < -0.4 is 0 Å². The second-order valence-electron chi connectivity index (χ2n) is 6.47. The van der Waals surface area contributed by atoms with Crippen LogP contribution in [-0.4, -0.2) is 9.75 Å². The third-order valence-corrected chi connectivity index (χ3v) is 6.67. The molecule has 0 aromatic carbocycles. The predicted molar refractivity (Wildman–Crippen MR) is 81.8 cm³/mol. The molecular formula is C16H28Cl2. The lowest BCUT2D eigenvalue weighted by atomic mass is 9.74. The SMILES string of the molecule is ClC1(C2(Cl)CCCCCCC2)CCCCCCC1. The summed E-state index contributed by atoms with van der Waals surface area (Å²) in [5.74, 6) is 0. The summed E-state index contributed by atoms with van der Waals surface area (Å²) in [6.07, 6.45) is 17.8. The van der Waals surface area contributed by atoms with E-state index in [1.165, 1.54) is 64.2 Å². The topological polar surface area (TPSA) is 0 Å². The van der Waals surface area contributed by atoms with Crippen LogP contribution in [0.5, 0.6) is 0 Å². The van der Waals surface area contributed by atoms with Gasteiger partial charge in [0.25, 0.3) is 0 Å². The van der Waals surface area contributed by atoms with Gasteiger partial charge in [0.05, 0.1) is 9.75 Å². The van der Waals surface area contributed by atoms with Gasteiger partial charge in [0.2, 0.25) is 0 Å². The van der Waals surface area contributed by atoms with E-state index in [9.17, 15) is 0 Å². The summed E-state index contributed by atoms with van der Waals surface area (Å²) in [4.78, 5) is -0.237. The van der Waals surface area contributed by atoms with Crippen molar-refractivity contribution < 1.29 is 0 Å². The maximum atomic E-state index is 7.07. The van der Waals surface area contributed by atoms with Crippen molar-refractivity contribution in [2.45, 2.75) is 99.6 Å². The van der Waals surface area contributed by atoms with E-state index in [0.29, 0.717) is 0 Å². The highest BCUT2D eigenvalue weighted by molar-refractivity contribution is 6.34. The Morgan fingerprint density at radius 1 is 0.389 bits per heavy atom. The average molecular weight is 291 g/mol. The van der Waals surface area contributed by atoms with Crippen LogP contribution in [0.25, 0.3) is 0 Å². The highest BCUT2D eigenvalue weighted by atomic mass is 35.5. The lowest BCUT2D eigenvalue weighted by Crippen LogP contribution is -2.46. The summed E-state index contributed by atoms with van der Waals surface area (Å²) in [5.41, 5.74) is 0. The first-order valence-corrected chi connectivity index (χ1v) is 8.80. The van der Waals surface area contributed by atoms with Crippen LogP contribution >= 0.6 is 23.2 Å². The van der Waals surface area contributed by atoms with Crippen LogP contribution in [0.3, 0.4) is 0 Å². The summed E-state index contributed by atoms with van der Waals surface area (Å²) in [7, 11) is 0. The largest absolute Gasteiger partial charge is 0.117 e. The number of hydrogen-bond donors (Lipinski definition) is 0. The maximum absolute atomic E-state index is 7.07. The molecule has 0 radical (unpaired) electrons. The van der Waals surface area contributed by atoms with Gasteiger partial charge in [-0.2, -0.15) is 0 Å². The Kier molecular flexibility index (Phi) is 5.69. The van der Waals surface area contributed by atoms with E-state index in [0.717, 1.165) is 25.7 Å². The van der Waals surface area contributed by atoms with Crippen molar-refractivity contribution in [3.8, 4) is 0 Å². The first-order valence-electron chi connectivity index (χ1n) is 8.04. The van der Waals surface area contributed by atoms with Gasteiger partial charge in [-0.15, -0.1) is 23.2 Å². The zero-order chi connectivity index (χ0) is 12.9. The van der Waals surface area contributed by atoms with Crippen LogP contribution in [0.1, 0.15) is 89.9 Å². The molecule has 0 aromatic heterocycles. The second kappa shape index (κ2) is 6.84. The molecule has 0 aromatic rings. The molecule has 2 saturated carbocycles. The van der Waals surface area contributed by atoms with Crippen LogP contribution in [0, 0.1) is 0 Å². The molecule has 0 amide bonds. The minimum absolute atomic E-state index is 0.119. The molecule has 0 N–H and O–H groups in total. The van der Waals surface area contributed by atoms with Gasteiger partial charge in [0, 0.05) is 0 Å². The Balaban J connectivity index is 2.07. The molecule has 0 bridgehead atoms. The third-order valence-electron chi connectivity index (χ3n) is 5.10. The number of alkyl halides is 2.